The van der Waals surface area contributed by atoms with E-state index in [1.807, 2.05) is 0 Å². The third kappa shape index (κ3) is 3.74. The summed E-state index contributed by atoms with van der Waals surface area (Å²) >= 11 is 5.28. The molecule has 2 rings (SSSR count). The van der Waals surface area contributed by atoms with Crippen LogP contribution in [0.1, 0.15) is 31.1 Å². The predicted octanol–water partition coefficient (Wildman–Crippen LogP) is 4.06. The van der Waals surface area contributed by atoms with Crippen LogP contribution >= 0.6 is 27.3 Å². The maximum Gasteiger partial charge on any atom is 0.0704 e. The lowest BCUT2D eigenvalue weighted by molar-refractivity contribution is 0.723. The Morgan fingerprint density at radius 1 is 1.60 bits per heavy atom. The van der Waals surface area contributed by atoms with Gasteiger partial charge in [0.25, 0.3) is 0 Å². The van der Waals surface area contributed by atoms with Gasteiger partial charge in [0.1, 0.15) is 0 Å². The molecule has 1 aromatic rings. The molecule has 0 aromatic carbocycles. The van der Waals surface area contributed by atoms with E-state index in [-0.39, 0.29) is 0 Å². The van der Waals surface area contributed by atoms with Crippen LogP contribution in [0.4, 0.5) is 0 Å². The Morgan fingerprint density at radius 2 is 2.40 bits per heavy atom. The predicted molar refractivity (Wildman–Crippen MR) is 71.3 cm³/mol. The fourth-order valence-electron chi connectivity index (χ4n) is 1.45. The van der Waals surface area contributed by atoms with E-state index in [9.17, 15) is 0 Å². The summed E-state index contributed by atoms with van der Waals surface area (Å²) in [5, 5.41) is 3.56. The molecule has 1 fully saturated rings. The molecule has 0 spiro atoms. The first-order valence-electron chi connectivity index (χ1n) is 5.46. The third-order valence-electron chi connectivity index (χ3n) is 2.59. The van der Waals surface area contributed by atoms with E-state index in [0.29, 0.717) is 0 Å². The molecule has 82 valence electrons. The Labute approximate surface area is 104 Å². The average molecular weight is 286 g/mol. The van der Waals surface area contributed by atoms with Crippen LogP contribution in [0.15, 0.2) is 21.5 Å². The second-order valence-electron chi connectivity index (χ2n) is 3.95. The topological polar surface area (TPSA) is 12.0 Å². The van der Waals surface area contributed by atoms with Crippen LogP contribution in [0.25, 0.3) is 6.08 Å². The van der Waals surface area contributed by atoms with Crippen molar-refractivity contribution in [1.82, 2.24) is 5.32 Å². The van der Waals surface area contributed by atoms with E-state index in [1.54, 1.807) is 11.3 Å². The molecule has 1 saturated carbocycles. The van der Waals surface area contributed by atoms with Crippen LogP contribution in [-0.2, 0) is 0 Å². The maximum atomic E-state index is 3.56. The normalized spacial score (nSPS) is 17.1. The molecule has 1 aromatic heterocycles. The van der Waals surface area contributed by atoms with Gasteiger partial charge in [0.05, 0.1) is 3.79 Å². The van der Waals surface area contributed by atoms with Crippen molar-refractivity contribution in [3.63, 3.8) is 0 Å². The van der Waals surface area contributed by atoms with Gasteiger partial charge < -0.3 is 5.32 Å². The van der Waals surface area contributed by atoms with Gasteiger partial charge in [-0.15, -0.1) is 11.3 Å². The minimum Gasteiger partial charge on any atom is -0.310 e. The van der Waals surface area contributed by atoms with Gasteiger partial charge in [0, 0.05) is 17.5 Å². The van der Waals surface area contributed by atoms with E-state index in [1.165, 1.54) is 27.1 Å². The molecule has 1 aliphatic carbocycles. The lowest BCUT2D eigenvalue weighted by Crippen LogP contribution is -2.18. The molecular formula is C12H16BrNS. The van der Waals surface area contributed by atoms with Gasteiger partial charge in [0.2, 0.25) is 0 Å². The Bertz CT molecular complexity index is 352. The highest BCUT2D eigenvalue weighted by Crippen LogP contribution is 2.25. The number of thiophene rings is 1. The lowest BCUT2D eigenvalue weighted by Gasteiger charge is -2.05. The first kappa shape index (κ1) is 11.4. The van der Waals surface area contributed by atoms with E-state index in [2.05, 4.69) is 46.4 Å². The van der Waals surface area contributed by atoms with Crippen LogP contribution < -0.4 is 5.32 Å². The van der Waals surface area contributed by atoms with Crippen molar-refractivity contribution in [2.45, 2.75) is 32.2 Å². The summed E-state index contributed by atoms with van der Waals surface area (Å²) in [6.07, 6.45) is 6.17. The fourth-order valence-corrected chi connectivity index (χ4v) is 2.86. The molecule has 1 aliphatic rings. The van der Waals surface area contributed by atoms with E-state index < -0.39 is 0 Å². The zero-order valence-electron chi connectivity index (χ0n) is 8.92. The summed E-state index contributed by atoms with van der Waals surface area (Å²) in [6.45, 7) is 3.28. The molecule has 1 heterocycles. The van der Waals surface area contributed by atoms with Crippen molar-refractivity contribution >= 4 is 33.3 Å². The number of nitrogens with one attached hydrogen (secondary N) is 1. The fraction of sp³-hybridized carbons (Fsp3) is 0.500. The summed E-state index contributed by atoms with van der Waals surface area (Å²) in [7, 11) is 0. The molecule has 0 aliphatic heterocycles. The molecule has 0 unspecified atom stereocenters. The van der Waals surface area contributed by atoms with Gasteiger partial charge in [-0.25, -0.2) is 0 Å². The smallest absolute Gasteiger partial charge is 0.0704 e. The van der Waals surface area contributed by atoms with Crippen LogP contribution in [0.5, 0.6) is 0 Å². The van der Waals surface area contributed by atoms with Crippen LogP contribution in [-0.4, -0.2) is 12.6 Å². The average Bonchev–Trinajstić information content (AvgIpc) is 2.97. The van der Waals surface area contributed by atoms with Gasteiger partial charge in [-0.05, 0) is 53.4 Å². The summed E-state index contributed by atoms with van der Waals surface area (Å²) in [6, 6.07) is 5.08. The lowest BCUT2D eigenvalue weighted by atomic mass is 10.2. The Kier molecular flexibility index (Phi) is 4.00. The quantitative estimate of drug-likeness (QED) is 0.861. The molecule has 15 heavy (non-hydrogen) atoms. The van der Waals surface area contributed by atoms with Crippen LogP contribution in [0, 0.1) is 0 Å². The molecule has 3 heteroatoms. The monoisotopic (exact) mass is 285 g/mol. The van der Waals surface area contributed by atoms with E-state index in [0.717, 1.165) is 19.0 Å². The largest absolute Gasteiger partial charge is 0.310 e. The second kappa shape index (κ2) is 5.28. The summed E-state index contributed by atoms with van der Waals surface area (Å²) in [5.41, 5.74) is 1.50. The van der Waals surface area contributed by atoms with Crippen molar-refractivity contribution in [3.05, 3.63) is 26.4 Å². The highest BCUT2D eigenvalue weighted by molar-refractivity contribution is 9.11. The highest BCUT2D eigenvalue weighted by Gasteiger charge is 2.19. The maximum absolute atomic E-state index is 3.56. The molecule has 0 atom stereocenters. The van der Waals surface area contributed by atoms with Gasteiger partial charge >= 0.3 is 0 Å². The first-order chi connectivity index (χ1) is 7.28. The Hall–Kier alpha value is -0.120. The molecule has 1 nitrogen and oxygen atoms in total. The number of hydrogen-bond donors (Lipinski definition) is 1. The molecule has 0 saturated heterocycles. The number of halogens is 1. The number of hydrogen-bond acceptors (Lipinski definition) is 2. The Morgan fingerprint density at radius 3 is 2.93 bits per heavy atom. The van der Waals surface area contributed by atoms with Gasteiger partial charge in [-0.3, -0.25) is 0 Å². The molecular weight excluding hydrogens is 270 g/mol. The Balaban J connectivity index is 1.94. The van der Waals surface area contributed by atoms with Gasteiger partial charge in [-0.1, -0.05) is 12.5 Å². The van der Waals surface area contributed by atoms with Crippen LogP contribution in [0.3, 0.4) is 0 Å². The van der Waals surface area contributed by atoms with Crippen molar-refractivity contribution in [2.75, 3.05) is 6.54 Å². The second-order valence-corrected chi connectivity index (χ2v) is 6.45. The summed E-state index contributed by atoms with van der Waals surface area (Å²) in [5.74, 6) is 0. The minimum atomic E-state index is 0.801. The van der Waals surface area contributed by atoms with Crippen LogP contribution in [0.2, 0.25) is 0 Å². The third-order valence-corrected chi connectivity index (χ3v) is 4.16. The van der Waals surface area contributed by atoms with Crippen molar-refractivity contribution < 1.29 is 0 Å². The zero-order valence-corrected chi connectivity index (χ0v) is 11.3. The standard InChI is InChI=1S/C12H16BrNS/c1-2-9(8-14-10-3-4-10)7-11-5-6-12(13)15-11/h5-7,10,14H,2-4,8H2,1H3. The van der Waals surface area contributed by atoms with E-state index in [4.69, 9.17) is 0 Å². The van der Waals surface area contributed by atoms with Gasteiger partial charge in [0.15, 0.2) is 0 Å². The molecule has 0 radical (unpaired) electrons. The molecule has 1 N–H and O–H groups in total. The van der Waals surface area contributed by atoms with Crippen molar-refractivity contribution in [2.24, 2.45) is 0 Å². The number of rotatable bonds is 5. The first-order valence-corrected chi connectivity index (χ1v) is 7.07. The highest BCUT2D eigenvalue weighted by atomic mass is 79.9. The van der Waals surface area contributed by atoms with E-state index >= 15 is 0 Å². The summed E-state index contributed by atoms with van der Waals surface area (Å²) in [4.78, 5) is 1.34. The zero-order chi connectivity index (χ0) is 10.7. The van der Waals surface area contributed by atoms with Gasteiger partial charge in [-0.2, -0.15) is 0 Å². The van der Waals surface area contributed by atoms with Crippen molar-refractivity contribution in [3.8, 4) is 0 Å². The van der Waals surface area contributed by atoms with Crippen molar-refractivity contribution in [1.29, 1.82) is 0 Å². The summed E-state index contributed by atoms with van der Waals surface area (Å²) < 4.78 is 1.21. The SMILES string of the molecule is CCC(=Cc1ccc(Br)s1)CNC1CC1. The molecule has 0 bridgehead atoms. The minimum absolute atomic E-state index is 0.801. The molecule has 0 amide bonds.